The smallest absolute Gasteiger partial charge is 0.190 e. The molecule has 0 aromatic heterocycles. The number of likely N-dealkylation sites (tertiary alicyclic amines) is 1. The number of halogens is 1. The maximum absolute atomic E-state index is 4.37. The van der Waals surface area contributed by atoms with E-state index >= 15 is 0 Å². The molecule has 0 aromatic rings. The normalized spacial score (nSPS) is 20.2. The first kappa shape index (κ1) is 23.0. The first-order valence-corrected chi connectivity index (χ1v) is 9.40. The van der Waals surface area contributed by atoms with E-state index in [1.807, 2.05) is 7.05 Å². The third-order valence-electron chi connectivity index (χ3n) is 4.79. The molecule has 1 aliphatic heterocycles. The molecule has 5 heteroatoms. The zero-order valence-electron chi connectivity index (χ0n) is 15.7. The number of hydrogen-bond acceptors (Lipinski definition) is 2. The summed E-state index contributed by atoms with van der Waals surface area (Å²) in [5, 5.41) is 7.04. The molecule has 2 atom stereocenters. The van der Waals surface area contributed by atoms with Crippen molar-refractivity contribution in [2.45, 2.75) is 59.3 Å². The van der Waals surface area contributed by atoms with Gasteiger partial charge in [-0.2, -0.15) is 0 Å². The van der Waals surface area contributed by atoms with Crippen LogP contribution in [0.15, 0.2) is 4.99 Å². The van der Waals surface area contributed by atoms with Crippen LogP contribution in [0.1, 0.15) is 59.3 Å². The van der Waals surface area contributed by atoms with Gasteiger partial charge in [0.05, 0.1) is 0 Å². The van der Waals surface area contributed by atoms with Crippen LogP contribution in [-0.4, -0.2) is 50.6 Å². The standard InChI is InChI=1S/C18H38N4.HI/c1-5-8-9-16(7-3)13-20-18(19-4)21-14-17-10-12-22(15-17)11-6-2;/h16-17H,5-15H2,1-4H3,(H2,19,20,21);1H. The Kier molecular flexibility index (Phi) is 14.3. The second kappa shape index (κ2) is 14.3. The van der Waals surface area contributed by atoms with Crippen molar-refractivity contribution in [2.24, 2.45) is 16.8 Å². The molecule has 0 radical (unpaired) electrons. The van der Waals surface area contributed by atoms with E-state index in [4.69, 9.17) is 0 Å². The summed E-state index contributed by atoms with van der Waals surface area (Å²) >= 11 is 0. The molecule has 0 amide bonds. The molecule has 0 spiro atoms. The van der Waals surface area contributed by atoms with Crippen molar-refractivity contribution in [3.05, 3.63) is 0 Å². The van der Waals surface area contributed by atoms with Crippen LogP contribution >= 0.6 is 24.0 Å². The molecule has 1 heterocycles. The third-order valence-corrected chi connectivity index (χ3v) is 4.79. The van der Waals surface area contributed by atoms with Gasteiger partial charge in [-0.1, -0.05) is 40.0 Å². The van der Waals surface area contributed by atoms with Gasteiger partial charge in [0.15, 0.2) is 5.96 Å². The predicted molar refractivity (Wildman–Crippen MR) is 113 cm³/mol. The molecule has 138 valence electrons. The van der Waals surface area contributed by atoms with Crippen LogP contribution in [0.5, 0.6) is 0 Å². The number of nitrogens with zero attached hydrogens (tertiary/aromatic N) is 2. The Balaban J connectivity index is 0.00000484. The summed E-state index contributed by atoms with van der Waals surface area (Å²) < 4.78 is 0. The van der Waals surface area contributed by atoms with Crippen LogP contribution in [0.3, 0.4) is 0 Å². The molecule has 4 nitrogen and oxygen atoms in total. The van der Waals surface area contributed by atoms with Gasteiger partial charge in [-0.05, 0) is 44.2 Å². The number of guanidine groups is 1. The lowest BCUT2D eigenvalue weighted by Gasteiger charge is -2.19. The van der Waals surface area contributed by atoms with E-state index in [2.05, 4.69) is 41.3 Å². The average Bonchev–Trinajstić information content (AvgIpc) is 2.98. The van der Waals surface area contributed by atoms with Gasteiger partial charge in [0.1, 0.15) is 0 Å². The maximum Gasteiger partial charge on any atom is 0.190 e. The lowest BCUT2D eigenvalue weighted by atomic mass is 9.99. The van der Waals surface area contributed by atoms with Gasteiger partial charge < -0.3 is 15.5 Å². The summed E-state index contributed by atoms with van der Waals surface area (Å²) in [5.41, 5.74) is 0. The summed E-state index contributed by atoms with van der Waals surface area (Å²) in [6, 6.07) is 0. The Hall–Kier alpha value is -0.0400. The lowest BCUT2D eigenvalue weighted by molar-refractivity contribution is 0.324. The first-order chi connectivity index (χ1) is 10.7. The van der Waals surface area contributed by atoms with Crippen molar-refractivity contribution in [1.29, 1.82) is 0 Å². The second-order valence-corrected chi connectivity index (χ2v) is 6.71. The van der Waals surface area contributed by atoms with Crippen LogP contribution in [-0.2, 0) is 0 Å². The van der Waals surface area contributed by atoms with E-state index in [0.717, 1.165) is 30.9 Å². The van der Waals surface area contributed by atoms with Crippen molar-refractivity contribution in [1.82, 2.24) is 15.5 Å². The van der Waals surface area contributed by atoms with Gasteiger partial charge in [0.25, 0.3) is 0 Å². The molecule has 1 aliphatic rings. The minimum absolute atomic E-state index is 0. The number of rotatable bonds is 10. The van der Waals surface area contributed by atoms with Gasteiger partial charge >= 0.3 is 0 Å². The first-order valence-electron chi connectivity index (χ1n) is 9.40. The highest BCUT2D eigenvalue weighted by Gasteiger charge is 2.21. The Morgan fingerprint density at radius 2 is 2.00 bits per heavy atom. The second-order valence-electron chi connectivity index (χ2n) is 6.71. The van der Waals surface area contributed by atoms with Crippen molar-refractivity contribution >= 4 is 29.9 Å². The fourth-order valence-electron chi connectivity index (χ4n) is 3.24. The van der Waals surface area contributed by atoms with E-state index in [1.54, 1.807) is 0 Å². The monoisotopic (exact) mass is 438 g/mol. The van der Waals surface area contributed by atoms with E-state index in [9.17, 15) is 0 Å². The minimum Gasteiger partial charge on any atom is -0.356 e. The maximum atomic E-state index is 4.37. The molecule has 2 unspecified atom stereocenters. The fourth-order valence-corrected chi connectivity index (χ4v) is 3.24. The minimum atomic E-state index is 0. The summed E-state index contributed by atoms with van der Waals surface area (Å²) in [6.45, 7) is 12.7. The van der Waals surface area contributed by atoms with Gasteiger partial charge in [-0.25, -0.2) is 0 Å². The predicted octanol–water partition coefficient (Wildman–Crippen LogP) is 3.72. The molecular weight excluding hydrogens is 399 g/mol. The van der Waals surface area contributed by atoms with Gasteiger partial charge in [0.2, 0.25) is 0 Å². The summed E-state index contributed by atoms with van der Waals surface area (Å²) in [6.07, 6.45) is 7.78. The Morgan fingerprint density at radius 1 is 1.22 bits per heavy atom. The van der Waals surface area contributed by atoms with Gasteiger partial charge in [-0.15, -0.1) is 24.0 Å². The summed E-state index contributed by atoms with van der Waals surface area (Å²) in [7, 11) is 1.88. The Morgan fingerprint density at radius 3 is 2.61 bits per heavy atom. The van der Waals surface area contributed by atoms with Crippen molar-refractivity contribution in [3.8, 4) is 0 Å². The average molecular weight is 438 g/mol. The number of hydrogen-bond donors (Lipinski definition) is 2. The molecular formula is C18H39IN4. The molecule has 2 N–H and O–H groups in total. The zero-order valence-corrected chi connectivity index (χ0v) is 18.1. The molecule has 23 heavy (non-hydrogen) atoms. The number of unbranched alkanes of at least 4 members (excludes halogenated alkanes) is 1. The van der Waals surface area contributed by atoms with Crippen LogP contribution in [0.25, 0.3) is 0 Å². The fraction of sp³-hybridized carbons (Fsp3) is 0.944. The number of aliphatic imine (C=N–C) groups is 1. The summed E-state index contributed by atoms with van der Waals surface area (Å²) in [5.74, 6) is 2.51. The van der Waals surface area contributed by atoms with Crippen LogP contribution in [0, 0.1) is 11.8 Å². The highest BCUT2D eigenvalue weighted by Crippen LogP contribution is 2.15. The van der Waals surface area contributed by atoms with E-state index in [-0.39, 0.29) is 24.0 Å². The van der Waals surface area contributed by atoms with Crippen molar-refractivity contribution in [2.75, 3.05) is 39.8 Å². The van der Waals surface area contributed by atoms with Crippen LogP contribution in [0.4, 0.5) is 0 Å². The molecule has 1 rings (SSSR count). The molecule has 0 bridgehead atoms. The Bertz CT molecular complexity index is 309. The SMILES string of the molecule is CCCCC(CC)CNC(=NC)NCC1CCN(CCC)C1.I. The number of nitrogens with one attached hydrogen (secondary N) is 2. The molecule has 0 aliphatic carbocycles. The molecule has 1 fully saturated rings. The highest BCUT2D eigenvalue weighted by molar-refractivity contribution is 14.0. The van der Waals surface area contributed by atoms with Gasteiger partial charge in [0, 0.05) is 26.7 Å². The van der Waals surface area contributed by atoms with Crippen LogP contribution in [0.2, 0.25) is 0 Å². The largest absolute Gasteiger partial charge is 0.356 e. The molecule has 0 aromatic carbocycles. The lowest BCUT2D eigenvalue weighted by Crippen LogP contribution is -2.42. The molecule has 0 saturated carbocycles. The zero-order chi connectivity index (χ0) is 16.2. The summed E-state index contributed by atoms with van der Waals surface area (Å²) in [4.78, 5) is 6.96. The van der Waals surface area contributed by atoms with E-state index in [1.165, 1.54) is 58.2 Å². The highest BCUT2D eigenvalue weighted by atomic mass is 127. The third kappa shape index (κ3) is 9.75. The van der Waals surface area contributed by atoms with Crippen LogP contribution < -0.4 is 10.6 Å². The van der Waals surface area contributed by atoms with Crippen molar-refractivity contribution in [3.63, 3.8) is 0 Å². The quantitative estimate of drug-likeness (QED) is 0.310. The van der Waals surface area contributed by atoms with E-state index in [0.29, 0.717) is 0 Å². The van der Waals surface area contributed by atoms with Gasteiger partial charge in [-0.3, -0.25) is 4.99 Å². The van der Waals surface area contributed by atoms with E-state index < -0.39 is 0 Å². The van der Waals surface area contributed by atoms with Crippen molar-refractivity contribution < 1.29 is 0 Å². The Labute approximate surface area is 161 Å². The molecule has 1 saturated heterocycles. The topological polar surface area (TPSA) is 39.7 Å².